The number of hydrogen-bond donors (Lipinski definition) is 1. The summed E-state index contributed by atoms with van der Waals surface area (Å²) in [5.74, 6) is -0.837. The molecule has 5 nitrogen and oxygen atoms in total. The zero-order chi connectivity index (χ0) is 12.9. The van der Waals surface area contributed by atoms with Gasteiger partial charge in [0, 0.05) is 24.7 Å². The van der Waals surface area contributed by atoms with Gasteiger partial charge >= 0.3 is 5.97 Å². The Labute approximate surface area is 107 Å². The first-order valence-corrected chi connectivity index (χ1v) is 6.81. The number of carbonyl (C=O) groups is 2. The minimum atomic E-state index is -0.981. The average Bonchev–Trinajstić information content (AvgIpc) is 3.20. The van der Waals surface area contributed by atoms with Crippen LogP contribution >= 0.6 is 0 Å². The van der Waals surface area contributed by atoms with Crippen LogP contribution in [0.2, 0.25) is 0 Å². The minimum Gasteiger partial charge on any atom is -0.479 e. The highest BCUT2D eigenvalue weighted by atomic mass is 16.4. The van der Waals surface area contributed by atoms with Crippen LogP contribution in [0.15, 0.2) is 0 Å². The number of carbonyl (C=O) groups excluding carboxylic acids is 1. The van der Waals surface area contributed by atoms with Crippen molar-refractivity contribution in [1.29, 1.82) is 0 Å². The van der Waals surface area contributed by atoms with Crippen LogP contribution < -0.4 is 0 Å². The number of carboxylic acid groups (broad SMARTS) is 1. The predicted molar refractivity (Wildman–Crippen MR) is 65.1 cm³/mol. The minimum absolute atomic E-state index is 0.157. The zero-order valence-corrected chi connectivity index (χ0v) is 10.7. The molecule has 2 aliphatic carbocycles. The molecule has 3 rings (SSSR count). The van der Waals surface area contributed by atoms with E-state index in [1.807, 2.05) is 0 Å². The summed E-state index contributed by atoms with van der Waals surface area (Å²) in [5.41, 5.74) is -0.981. The van der Waals surface area contributed by atoms with Gasteiger partial charge in [-0.2, -0.15) is 0 Å². The van der Waals surface area contributed by atoms with Gasteiger partial charge < -0.3 is 10.0 Å². The zero-order valence-electron chi connectivity index (χ0n) is 10.7. The third-order valence-electron chi connectivity index (χ3n) is 4.61. The topological polar surface area (TPSA) is 60.9 Å². The lowest BCUT2D eigenvalue weighted by molar-refractivity contribution is -0.155. The number of amides is 1. The first-order valence-electron chi connectivity index (χ1n) is 6.81. The van der Waals surface area contributed by atoms with Gasteiger partial charge in [0.15, 0.2) is 5.54 Å². The summed E-state index contributed by atoms with van der Waals surface area (Å²) >= 11 is 0. The van der Waals surface area contributed by atoms with Crippen LogP contribution in [0.3, 0.4) is 0 Å². The summed E-state index contributed by atoms with van der Waals surface area (Å²) in [4.78, 5) is 27.0. The molecule has 1 amide bonds. The maximum absolute atomic E-state index is 11.8. The molecule has 1 heterocycles. The fraction of sp³-hybridized carbons (Fsp3) is 0.846. The lowest BCUT2D eigenvalue weighted by atomic mass is 9.94. The summed E-state index contributed by atoms with van der Waals surface area (Å²) in [6.45, 7) is 2.59. The van der Waals surface area contributed by atoms with E-state index < -0.39 is 11.5 Å². The molecule has 0 radical (unpaired) electrons. The first kappa shape index (κ1) is 12.0. The molecular weight excluding hydrogens is 232 g/mol. The molecule has 2 unspecified atom stereocenters. The van der Waals surface area contributed by atoms with Crippen LogP contribution in [-0.4, -0.2) is 57.5 Å². The molecule has 5 heteroatoms. The average molecular weight is 252 g/mol. The van der Waals surface area contributed by atoms with Gasteiger partial charge in [-0.15, -0.1) is 0 Å². The number of hydrogen-bond acceptors (Lipinski definition) is 3. The van der Waals surface area contributed by atoms with Gasteiger partial charge in [0.25, 0.3) is 0 Å². The third kappa shape index (κ3) is 1.72. The molecule has 1 saturated heterocycles. The number of likely N-dealkylation sites (tertiary alicyclic amines) is 1. The third-order valence-corrected chi connectivity index (χ3v) is 4.61. The summed E-state index contributed by atoms with van der Waals surface area (Å²) in [7, 11) is 0. The van der Waals surface area contributed by atoms with Gasteiger partial charge in [0.2, 0.25) is 6.41 Å². The van der Waals surface area contributed by atoms with E-state index >= 15 is 0 Å². The number of rotatable bonds is 5. The smallest absolute Gasteiger partial charge is 0.331 e. The largest absolute Gasteiger partial charge is 0.479 e. The molecular formula is C13H20N2O3. The molecule has 2 atom stereocenters. The summed E-state index contributed by atoms with van der Waals surface area (Å²) < 4.78 is 0. The predicted octanol–water partition coefficient (Wildman–Crippen LogP) is 0.687. The highest BCUT2D eigenvalue weighted by molar-refractivity contribution is 5.83. The monoisotopic (exact) mass is 252 g/mol. The molecule has 0 bridgehead atoms. The van der Waals surface area contributed by atoms with Crippen LogP contribution in [-0.2, 0) is 9.59 Å². The van der Waals surface area contributed by atoms with Gasteiger partial charge in [-0.3, -0.25) is 9.69 Å². The Morgan fingerprint density at radius 1 is 1.39 bits per heavy atom. The maximum atomic E-state index is 11.8. The second-order valence-electron chi connectivity index (χ2n) is 6.04. The van der Waals surface area contributed by atoms with Gasteiger partial charge in [-0.25, -0.2) is 4.79 Å². The van der Waals surface area contributed by atoms with Gasteiger partial charge in [0.1, 0.15) is 0 Å². The normalized spacial score (nSPS) is 36.6. The van der Waals surface area contributed by atoms with E-state index in [0.29, 0.717) is 19.0 Å². The number of carboxylic acids is 1. The fourth-order valence-electron chi connectivity index (χ4n) is 3.37. The molecule has 0 aromatic rings. The first-order chi connectivity index (χ1) is 8.58. The van der Waals surface area contributed by atoms with Crippen molar-refractivity contribution in [2.24, 2.45) is 0 Å². The summed E-state index contributed by atoms with van der Waals surface area (Å²) in [6, 6.07) is 0.966. The highest BCUT2D eigenvalue weighted by Crippen LogP contribution is 2.43. The Bertz CT molecular complexity index is 378. The molecule has 18 heavy (non-hydrogen) atoms. The molecule has 100 valence electrons. The van der Waals surface area contributed by atoms with E-state index in [4.69, 9.17) is 0 Å². The fourth-order valence-corrected chi connectivity index (χ4v) is 3.37. The molecule has 1 aliphatic heterocycles. The maximum Gasteiger partial charge on any atom is 0.331 e. The second-order valence-corrected chi connectivity index (χ2v) is 6.04. The number of nitrogens with zero attached hydrogens (tertiary/aromatic N) is 2. The van der Waals surface area contributed by atoms with Crippen molar-refractivity contribution in [2.75, 3.05) is 6.54 Å². The van der Waals surface area contributed by atoms with E-state index in [1.54, 1.807) is 4.90 Å². The lowest BCUT2D eigenvalue weighted by Crippen LogP contribution is -2.57. The quantitative estimate of drug-likeness (QED) is 0.731. The van der Waals surface area contributed by atoms with Crippen molar-refractivity contribution >= 4 is 12.4 Å². The number of aliphatic carboxylic acids is 1. The molecule has 0 aromatic carbocycles. The summed E-state index contributed by atoms with van der Waals surface area (Å²) in [6.07, 6.45) is 5.56. The van der Waals surface area contributed by atoms with Crippen LogP contribution in [0.5, 0.6) is 0 Å². The van der Waals surface area contributed by atoms with E-state index in [2.05, 4.69) is 11.8 Å². The van der Waals surface area contributed by atoms with Gasteiger partial charge in [-0.1, -0.05) is 0 Å². The Kier molecular flexibility index (Phi) is 2.62. The van der Waals surface area contributed by atoms with Crippen molar-refractivity contribution in [2.45, 2.75) is 62.7 Å². The molecule has 3 aliphatic rings. The standard InChI is InChI=1S/C13H20N2O3/c1-9-6-13(12(17)18,7-14(9)10-2-3-10)15(8-16)11-4-5-11/h8-11H,2-7H2,1H3,(H,17,18). The van der Waals surface area contributed by atoms with Crippen molar-refractivity contribution in [1.82, 2.24) is 9.80 Å². The molecule has 0 aromatic heterocycles. The van der Waals surface area contributed by atoms with Gasteiger partial charge in [0.05, 0.1) is 0 Å². The van der Waals surface area contributed by atoms with Crippen molar-refractivity contribution in [3.8, 4) is 0 Å². The van der Waals surface area contributed by atoms with E-state index in [9.17, 15) is 14.7 Å². The molecule has 1 N–H and O–H groups in total. The van der Waals surface area contributed by atoms with Crippen molar-refractivity contribution < 1.29 is 14.7 Å². The van der Waals surface area contributed by atoms with Crippen LogP contribution in [0.1, 0.15) is 39.0 Å². The molecule has 3 fully saturated rings. The van der Waals surface area contributed by atoms with Crippen LogP contribution in [0.25, 0.3) is 0 Å². The van der Waals surface area contributed by atoms with E-state index in [0.717, 1.165) is 19.3 Å². The van der Waals surface area contributed by atoms with Crippen LogP contribution in [0.4, 0.5) is 0 Å². The Morgan fingerprint density at radius 2 is 2.06 bits per heavy atom. The lowest BCUT2D eigenvalue weighted by Gasteiger charge is -2.35. The van der Waals surface area contributed by atoms with Crippen molar-refractivity contribution in [3.63, 3.8) is 0 Å². The Hall–Kier alpha value is -1.10. The second kappa shape index (κ2) is 3.95. The molecule has 2 saturated carbocycles. The van der Waals surface area contributed by atoms with Crippen LogP contribution in [0, 0.1) is 0 Å². The Balaban J connectivity index is 1.87. The molecule has 0 spiro atoms. The van der Waals surface area contributed by atoms with Gasteiger partial charge in [-0.05, 0) is 39.0 Å². The van der Waals surface area contributed by atoms with Crippen molar-refractivity contribution in [3.05, 3.63) is 0 Å². The summed E-state index contributed by atoms with van der Waals surface area (Å²) in [5, 5.41) is 9.65. The Morgan fingerprint density at radius 3 is 2.50 bits per heavy atom. The SMILES string of the molecule is CC1CC(C(=O)O)(N(C=O)C2CC2)CN1C1CC1. The van der Waals surface area contributed by atoms with E-state index in [1.165, 1.54) is 12.8 Å². The van der Waals surface area contributed by atoms with E-state index in [-0.39, 0.29) is 12.1 Å². The highest BCUT2D eigenvalue weighted by Gasteiger charge is 2.57.